The minimum Gasteiger partial charge on any atom is -0.372 e. The minimum atomic E-state index is 0.440. The fraction of sp³-hybridized carbons (Fsp3) is 0.800. The van der Waals surface area contributed by atoms with Crippen LogP contribution in [0.3, 0.4) is 0 Å². The van der Waals surface area contributed by atoms with E-state index in [1.807, 2.05) is 0 Å². The summed E-state index contributed by atoms with van der Waals surface area (Å²) in [5.74, 6) is 1.22. The average Bonchev–Trinajstić information content (AvgIpc) is 2.66. The molecule has 15 heavy (non-hydrogen) atoms. The minimum absolute atomic E-state index is 0.440. The predicted molar refractivity (Wildman–Crippen MR) is 54.3 cm³/mol. The fourth-order valence-corrected chi connectivity index (χ4v) is 1.76. The lowest BCUT2D eigenvalue weighted by Gasteiger charge is -2.22. The number of aromatic nitrogens is 2. The standard InChI is InChI=1S/C10H17N3O2/c1-8-12-10(13-15-8)7-14-6-9-4-2-3-5-11-9/h9,11H,2-7H2,1H3. The molecule has 1 N–H and O–H groups in total. The van der Waals surface area contributed by atoms with Crippen LogP contribution in [0.1, 0.15) is 31.0 Å². The van der Waals surface area contributed by atoms with E-state index in [4.69, 9.17) is 9.26 Å². The Kier molecular flexibility index (Phi) is 3.69. The van der Waals surface area contributed by atoms with Gasteiger partial charge in [-0.05, 0) is 19.4 Å². The zero-order valence-electron chi connectivity index (χ0n) is 9.03. The van der Waals surface area contributed by atoms with E-state index in [2.05, 4.69) is 15.5 Å². The molecule has 1 unspecified atom stereocenters. The first-order chi connectivity index (χ1) is 7.34. The molecule has 0 aromatic carbocycles. The van der Waals surface area contributed by atoms with Gasteiger partial charge in [-0.15, -0.1) is 0 Å². The molecule has 1 aliphatic rings. The largest absolute Gasteiger partial charge is 0.372 e. The molecule has 2 rings (SSSR count). The van der Waals surface area contributed by atoms with Gasteiger partial charge in [0.25, 0.3) is 0 Å². The highest BCUT2D eigenvalue weighted by Crippen LogP contribution is 2.07. The summed E-state index contributed by atoms with van der Waals surface area (Å²) in [6.45, 7) is 4.05. The number of rotatable bonds is 4. The van der Waals surface area contributed by atoms with Crippen LogP contribution in [0.15, 0.2) is 4.52 Å². The molecule has 84 valence electrons. The van der Waals surface area contributed by atoms with Crippen molar-refractivity contribution in [1.82, 2.24) is 15.5 Å². The van der Waals surface area contributed by atoms with Crippen LogP contribution in [-0.2, 0) is 11.3 Å². The zero-order valence-corrected chi connectivity index (χ0v) is 9.03. The van der Waals surface area contributed by atoms with E-state index < -0.39 is 0 Å². The van der Waals surface area contributed by atoms with Crippen molar-refractivity contribution in [2.24, 2.45) is 0 Å². The number of nitrogens with one attached hydrogen (secondary N) is 1. The quantitative estimate of drug-likeness (QED) is 0.806. The van der Waals surface area contributed by atoms with Gasteiger partial charge in [-0.2, -0.15) is 4.98 Å². The van der Waals surface area contributed by atoms with Crippen LogP contribution in [0.25, 0.3) is 0 Å². The van der Waals surface area contributed by atoms with Gasteiger partial charge in [0.2, 0.25) is 5.89 Å². The number of hydrogen-bond donors (Lipinski definition) is 1. The molecule has 5 heteroatoms. The highest BCUT2D eigenvalue weighted by atomic mass is 16.5. The molecule has 1 saturated heterocycles. The van der Waals surface area contributed by atoms with E-state index in [9.17, 15) is 0 Å². The molecule has 1 aliphatic heterocycles. The molecule has 1 aromatic heterocycles. The Morgan fingerprint density at radius 3 is 3.13 bits per heavy atom. The highest BCUT2D eigenvalue weighted by Gasteiger charge is 2.12. The third kappa shape index (κ3) is 3.28. The van der Waals surface area contributed by atoms with Crippen LogP contribution >= 0.6 is 0 Å². The molecule has 0 bridgehead atoms. The van der Waals surface area contributed by atoms with E-state index >= 15 is 0 Å². The summed E-state index contributed by atoms with van der Waals surface area (Å²) in [5.41, 5.74) is 0. The lowest BCUT2D eigenvalue weighted by molar-refractivity contribution is 0.0854. The third-order valence-corrected chi connectivity index (χ3v) is 2.53. The molecule has 1 atom stereocenters. The smallest absolute Gasteiger partial charge is 0.223 e. The zero-order chi connectivity index (χ0) is 10.5. The summed E-state index contributed by atoms with van der Waals surface area (Å²) in [4.78, 5) is 4.07. The second-order valence-electron chi connectivity index (χ2n) is 3.89. The van der Waals surface area contributed by atoms with Crippen molar-refractivity contribution >= 4 is 0 Å². The second kappa shape index (κ2) is 5.23. The summed E-state index contributed by atoms with van der Waals surface area (Å²) >= 11 is 0. The van der Waals surface area contributed by atoms with E-state index in [0.717, 1.165) is 13.2 Å². The average molecular weight is 211 g/mol. The van der Waals surface area contributed by atoms with Crippen molar-refractivity contribution in [3.63, 3.8) is 0 Å². The van der Waals surface area contributed by atoms with Crippen LogP contribution in [0.4, 0.5) is 0 Å². The predicted octanol–water partition coefficient (Wildman–Crippen LogP) is 1.04. The van der Waals surface area contributed by atoms with Crippen LogP contribution in [0, 0.1) is 6.92 Å². The number of ether oxygens (including phenoxy) is 1. The van der Waals surface area contributed by atoms with Crippen molar-refractivity contribution in [2.75, 3.05) is 13.2 Å². The molecule has 1 aromatic rings. The molecule has 0 aliphatic carbocycles. The second-order valence-corrected chi connectivity index (χ2v) is 3.89. The molecule has 0 saturated carbocycles. The summed E-state index contributed by atoms with van der Waals surface area (Å²) in [7, 11) is 0. The van der Waals surface area contributed by atoms with Crippen LogP contribution < -0.4 is 5.32 Å². The Balaban J connectivity index is 1.65. The normalized spacial score (nSPS) is 21.8. The highest BCUT2D eigenvalue weighted by molar-refractivity contribution is 4.81. The molecule has 5 nitrogen and oxygen atoms in total. The molecule has 0 spiro atoms. The number of nitrogens with zero attached hydrogens (tertiary/aromatic N) is 2. The fourth-order valence-electron chi connectivity index (χ4n) is 1.76. The number of hydrogen-bond acceptors (Lipinski definition) is 5. The van der Waals surface area contributed by atoms with Gasteiger partial charge in [-0.25, -0.2) is 0 Å². The van der Waals surface area contributed by atoms with Crippen molar-refractivity contribution in [2.45, 2.75) is 38.8 Å². The molecule has 0 radical (unpaired) electrons. The van der Waals surface area contributed by atoms with E-state index in [0.29, 0.717) is 24.4 Å². The summed E-state index contributed by atoms with van der Waals surface area (Å²) in [6, 6.07) is 0.492. The van der Waals surface area contributed by atoms with Gasteiger partial charge in [0.05, 0.1) is 6.61 Å². The van der Waals surface area contributed by atoms with E-state index in [1.165, 1.54) is 19.3 Å². The van der Waals surface area contributed by atoms with Gasteiger partial charge in [0, 0.05) is 13.0 Å². The van der Waals surface area contributed by atoms with Crippen LogP contribution in [0.5, 0.6) is 0 Å². The van der Waals surface area contributed by atoms with Gasteiger partial charge in [0.15, 0.2) is 5.82 Å². The van der Waals surface area contributed by atoms with Crippen LogP contribution in [0.2, 0.25) is 0 Å². The van der Waals surface area contributed by atoms with E-state index in [1.54, 1.807) is 6.92 Å². The number of piperidine rings is 1. The first-order valence-electron chi connectivity index (χ1n) is 5.45. The Morgan fingerprint density at radius 2 is 2.47 bits per heavy atom. The monoisotopic (exact) mass is 211 g/mol. The SMILES string of the molecule is Cc1nc(COCC2CCCCN2)no1. The lowest BCUT2D eigenvalue weighted by atomic mass is 10.1. The molecule has 0 amide bonds. The van der Waals surface area contributed by atoms with Crippen molar-refractivity contribution in [1.29, 1.82) is 0 Å². The molecule has 2 heterocycles. The maximum absolute atomic E-state index is 5.52. The van der Waals surface area contributed by atoms with Gasteiger partial charge in [-0.1, -0.05) is 11.6 Å². The lowest BCUT2D eigenvalue weighted by Crippen LogP contribution is -2.37. The van der Waals surface area contributed by atoms with Crippen molar-refractivity contribution < 1.29 is 9.26 Å². The van der Waals surface area contributed by atoms with E-state index in [-0.39, 0.29) is 0 Å². The van der Waals surface area contributed by atoms with Gasteiger partial charge in [0.1, 0.15) is 6.61 Å². The van der Waals surface area contributed by atoms with Gasteiger partial charge < -0.3 is 14.6 Å². The Morgan fingerprint density at radius 1 is 1.53 bits per heavy atom. The summed E-state index contributed by atoms with van der Waals surface area (Å²) in [6.07, 6.45) is 3.77. The first-order valence-corrected chi connectivity index (χ1v) is 5.45. The topological polar surface area (TPSA) is 60.2 Å². The van der Waals surface area contributed by atoms with Gasteiger partial charge in [-0.3, -0.25) is 0 Å². The van der Waals surface area contributed by atoms with Gasteiger partial charge >= 0.3 is 0 Å². The summed E-state index contributed by atoms with van der Waals surface area (Å²) in [5, 5.41) is 7.19. The van der Waals surface area contributed by atoms with Crippen molar-refractivity contribution in [3.8, 4) is 0 Å². The number of aryl methyl sites for hydroxylation is 1. The molecular weight excluding hydrogens is 194 g/mol. The molecule has 1 fully saturated rings. The molecular formula is C10H17N3O2. The third-order valence-electron chi connectivity index (χ3n) is 2.53. The maximum Gasteiger partial charge on any atom is 0.223 e. The Bertz CT molecular complexity index is 295. The van der Waals surface area contributed by atoms with Crippen molar-refractivity contribution in [3.05, 3.63) is 11.7 Å². The first kappa shape index (κ1) is 10.6. The Hall–Kier alpha value is -0.940. The van der Waals surface area contributed by atoms with Crippen LogP contribution in [-0.4, -0.2) is 29.3 Å². The Labute approximate surface area is 89.2 Å². The summed E-state index contributed by atoms with van der Waals surface area (Å²) < 4.78 is 10.4. The maximum atomic E-state index is 5.52.